The van der Waals surface area contributed by atoms with Gasteiger partial charge in [0.05, 0.1) is 17.6 Å². The number of nitrogens with zero attached hydrogens (tertiary/aromatic N) is 3. The maximum absolute atomic E-state index is 13.6. The molecule has 0 radical (unpaired) electrons. The van der Waals surface area contributed by atoms with Gasteiger partial charge in [-0.3, -0.25) is 4.79 Å². The Morgan fingerprint density at radius 2 is 2.00 bits per heavy atom. The van der Waals surface area contributed by atoms with Gasteiger partial charge in [0, 0.05) is 29.2 Å². The van der Waals surface area contributed by atoms with Crippen molar-refractivity contribution >= 4 is 32.9 Å². The summed E-state index contributed by atoms with van der Waals surface area (Å²) in [5, 5.41) is 0. The minimum absolute atomic E-state index is 0.0283. The zero-order valence-electron chi connectivity index (χ0n) is 15.6. The van der Waals surface area contributed by atoms with Crippen molar-refractivity contribution in [3.05, 3.63) is 64.1 Å². The number of carbonyl (C=O) groups excluding carboxylic acids is 1. The van der Waals surface area contributed by atoms with E-state index in [0.29, 0.717) is 24.2 Å². The van der Waals surface area contributed by atoms with Crippen LogP contribution >= 0.6 is 15.9 Å². The molecule has 27 heavy (non-hydrogen) atoms. The van der Waals surface area contributed by atoms with Gasteiger partial charge < -0.3 is 9.47 Å². The van der Waals surface area contributed by atoms with E-state index in [1.165, 1.54) is 12.1 Å². The number of hydrogen-bond acceptors (Lipinski definition) is 2. The predicted molar refractivity (Wildman–Crippen MR) is 109 cm³/mol. The van der Waals surface area contributed by atoms with E-state index in [2.05, 4.69) is 32.4 Å². The summed E-state index contributed by atoms with van der Waals surface area (Å²) in [6, 6.07) is 12.1. The minimum atomic E-state index is -0.300. The number of carbonyl (C=O) groups is 1. The first-order valence-corrected chi connectivity index (χ1v) is 10.0. The number of rotatable bonds is 7. The molecular weight excluding hydrogens is 409 g/mol. The normalized spacial score (nSPS) is 11.1. The number of hydrogen-bond donors (Lipinski definition) is 0. The molecule has 0 N–H and O–H groups in total. The third-order valence-electron chi connectivity index (χ3n) is 4.42. The van der Waals surface area contributed by atoms with Crippen LogP contribution in [0.15, 0.2) is 46.9 Å². The standard InChI is InChI=1S/C21H23BrFN3O/c1-3-10-25(21(27)15-6-5-7-16(22)12-15)14-20-24-18-13-17(23)8-9-19(18)26(20)11-4-2/h5-9,12-13H,3-4,10-11,14H2,1-2H3. The number of aryl methyl sites for hydroxylation is 1. The molecule has 0 saturated heterocycles. The van der Waals surface area contributed by atoms with Gasteiger partial charge in [-0.15, -0.1) is 0 Å². The SMILES string of the molecule is CCCN(Cc1nc2cc(F)ccc2n1CCC)C(=O)c1cccc(Br)c1. The Hall–Kier alpha value is -2.21. The van der Waals surface area contributed by atoms with Gasteiger partial charge in [-0.25, -0.2) is 9.37 Å². The molecule has 142 valence electrons. The van der Waals surface area contributed by atoms with Crippen molar-refractivity contribution in [3.63, 3.8) is 0 Å². The lowest BCUT2D eigenvalue weighted by Crippen LogP contribution is -2.32. The Bertz CT molecular complexity index is 954. The van der Waals surface area contributed by atoms with Crippen LogP contribution < -0.4 is 0 Å². The van der Waals surface area contributed by atoms with Crippen LogP contribution in [0.2, 0.25) is 0 Å². The van der Waals surface area contributed by atoms with Crippen molar-refractivity contribution in [2.75, 3.05) is 6.54 Å². The van der Waals surface area contributed by atoms with Crippen molar-refractivity contribution in [2.24, 2.45) is 0 Å². The van der Waals surface area contributed by atoms with Crippen molar-refractivity contribution in [2.45, 2.75) is 39.8 Å². The fourth-order valence-electron chi connectivity index (χ4n) is 3.24. The number of aromatic nitrogens is 2. The van der Waals surface area contributed by atoms with Gasteiger partial charge in [0.25, 0.3) is 5.91 Å². The average molecular weight is 432 g/mol. The first-order chi connectivity index (χ1) is 13.0. The molecule has 0 spiro atoms. The third kappa shape index (κ3) is 4.38. The molecule has 6 heteroatoms. The van der Waals surface area contributed by atoms with E-state index < -0.39 is 0 Å². The molecule has 0 atom stereocenters. The van der Waals surface area contributed by atoms with E-state index in [0.717, 1.165) is 35.2 Å². The quantitative estimate of drug-likeness (QED) is 0.502. The molecule has 1 amide bonds. The zero-order chi connectivity index (χ0) is 19.4. The second-order valence-electron chi connectivity index (χ2n) is 6.55. The summed E-state index contributed by atoms with van der Waals surface area (Å²) in [5.41, 5.74) is 2.17. The fourth-order valence-corrected chi connectivity index (χ4v) is 3.64. The minimum Gasteiger partial charge on any atom is -0.331 e. The van der Waals surface area contributed by atoms with Gasteiger partial charge in [-0.05, 0) is 43.2 Å². The largest absolute Gasteiger partial charge is 0.331 e. The molecule has 1 aromatic heterocycles. The van der Waals surface area contributed by atoms with E-state index in [1.807, 2.05) is 36.1 Å². The van der Waals surface area contributed by atoms with Gasteiger partial charge in [0.1, 0.15) is 11.6 Å². The Kier molecular flexibility index (Phi) is 6.26. The van der Waals surface area contributed by atoms with Crippen LogP contribution in [-0.2, 0) is 13.1 Å². The zero-order valence-corrected chi connectivity index (χ0v) is 17.2. The number of imidazole rings is 1. The molecule has 3 aromatic rings. The summed E-state index contributed by atoms with van der Waals surface area (Å²) in [6.45, 7) is 5.95. The van der Waals surface area contributed by atoms with Crippen LogP contribution in [-0.4, -0.2) is 26.9 Å². The van der Waals surface area contributed by atoms with Gasteiger partial charge >= 0.3 is 0 Å². The lowest BCUT2D eigenvalue weighted by atomic mass is 10.2. The number of fused-ring (bicyclic) bond motifs is 1. The second-order valence-corrected chi connectivity index (χ2v) is 7.47. The van der Waals surface area contributed by atoms with Crippen LogP contribution in [0.5, 0.6) is 0 Å². The molecule has 0 bridgehead atoms. The van der Waals surface area contributed by atoms with Crippen molar-refractivity contribution < 1.29 is 9.18 Å². The van der Waals surface area contributed by atoms with Gasteiger partial charge in [0.15, 0.2) is 0 Å². The average Bonchev–Trinajstić information content (AvgIpc) is 2.97. The van der Waals surface area contributed by atoms with E-state index >= 15 is 0 Å². The molecule has 0 fully saturated rings. The summed E-state index contributed by atoms with van der Waals surface area (Å²) in [6.07, 6.45) is 1.78. The summed E-state index contributed by atoms with van der Waals surface area (Å²) in [4.78, 5) is 19.5. The lowest BCUT2D eigenvalue weighted by Gasteiger charge is -2.22. The smallest absolute Gasteiger partial charge is 0.254 e. The first-order valence-electron chi connectivity index (χ1n) is 9.23. The Balaban J connectivity index is 1.96. The predicted octanol–water partition coefficient (Wildman–Crippen LogP) is 5.40. The monoisotopic (exact) mass is 431 g/mol. The fraction of sp³-hybridized carbons (Fsp3) is 0.333. The first kappa shape index (κ1) is 19.5. The van der Waals surface area contributed by atoms with Crippen molar-refractivity contribution in [1.29, 1.82) is 0 Å². The summed E-state index contributed by atoms with van der Waals surface area (Å²) >= 11 is 3.42. The van der Waals surface area contributed by atoms with E-state index in [4.69, 9.17) is 0 Å². The van der Waals surface area contributed by atoms with Crippen LogP contribution in [0.25, 0.3) is 11.0 Å². The van der Waals surface area contributed by atoms with E-state index in [1.54, 1.807) is 6.07 Å². The molecule has 4 nitrogen and oxygen atoms in total. The van der Waals surface area contributed by atoms with Crippen LogP contribution in [0.4, 0.5) is 4.39 Å². The second kappa shape index (κ2) is 8.65. The molecule has 0 aliphatic rings. The molecule has 2 aromatic carbocycles. The molecule has 0 aliphatic heterocycles. The number of benzene rings is 2. The van der Waals surface area contributed by atoms with Crippen LogP contribution in [0, 0.1) is 5.82 Å². The molecule has 0 aliphatic carbocycles. The highest BCUT2D eigenvalue weighted by molar-refractivity contribution is 9.10. The van der Waals surface area contributed by atoms with Crippen molar-refractivity contribution in [3.8, 4) is 0 Å². The van der Waals surface area contributed by atoms with E-state index in [9.17, 15) is 9.18 Å². The molecule has 1 heterocycles. The molecule has 0 unspecified atom stereocenters. The number of amides is 1. The Morgan fingerprint density at radius 3 is 2.70 bits per heavy atom. The van der Waals surface area contributed by atoms with Crippen molar-refractivity contribution in [1.82, 2.24) is 14.5 Å². The third-order valence-corrected chi connectivity index (χ3v) is 4.91. The summed E-state index contributed by atoms with van der Waals surface area (Å²) < 4.78 is 16.6. The topological polar surface area (TPSA) is 38.1 Å². The Labute approximate surface area is 167 Å². The van der Waals surface area contributed by atoms with Gasteiger partial charge in [0.2, 0.25) is 0 Å². The highest BCUT2D eigenvalue weighted by atomic mass is 79.9. The number of halogens is 2. The van der Waals surface area contributed by atoms with Crippen LogP contribution in [0.1, 0.15) is 42.9 Å². The molecule has 0 saturated carbocycles. The molecule has 3 rings (SSSR count). The van der Waals surface area contributed by atoms with Gasteiger partial charge in [-0.1, -0.05) is 35.8 Å². The van der Waals surface area contributed by atoms with E-state index in [-0.39, 0.29) is 11.7 Å². The molecular formula is C21H23BrFN3O. The lowest BCUT2D eigenvalue weighted by molar-refractivity contribution is 0.0737. The summed E-state index contributed by atoms with van der Waals surface area (Å²) in [7, 11) is 0. The van der Waals surface area contributed by atoms with Crippen LogP contribution in [0.3, 0.4) is 0 Å². The maximum Gasteiger partial charge on any atom is 0.254 e. The van der Waals surface area contributed by atoms with Gasteiger partial charge in [-0.2, -0.15) is 0 Å². The maximum atomic E-state index is 13.6. The highest BCUT2D eigenvalue weighted by Gasteiger charge is 2.19. The summed E-state index contributed by atoms with van der Waals surface area (Å²) in [5.74, 6) is 0.458. The highest BCUT2D eigenvalue weighted by Crippen LogP contribution is 2.21. The Morgan fingerprint density at radius 1 is 1.19 bits per heavy atom.